The van der Waals surface area contributed by atoms with Gasteiger partial charge in [0.25, 0.3) is 0 Å². The molecule has 1 aromatic carbocycles. The Balaban J connectivity index is 1.47. The minimum absolute atomic E-state index is 0.0145. The second kappa shape index (κ2) is 9.26. The number of para-hydroxylation sites is 1. The summed E-state index contributed by atoms with van der Waals surface area (Å²) in [5.41, 5.74) is 1.72. The van der Waals surface area contributed by atoms with E-state index >= 15 is 0 Å². The van der Waals surface area contributed by atoms with Gasteiger partial charge in [-0.2, -0.15) is 0 Å². The quantitative estimate of drug-likeness (QED) is 0.807. The molecule has 6 nitrogen and oxygen atoms in total. The molecule has 2 heterocycles. The second-order valence-electron chi connectivity index (χ2n) is 6.20. The molecule has 1 fully saturated rings. The van der Waals surface area contributed by atoms with Crippen molar-refractivity contribution in [1.82, 2.24) is 14.8 Å². The lowest BCUT2D eigenvalue weighted by Gasteiger charge is -2.24. The summed E-state index contributed by atoms with van der Waals surface area (Å²) in [6, 6.07) is 13.4. The number of hydrogen-bond donors (Lipinski definition) is 2. The van der Waals surface area contributed by atoms with Gasteiger partial charge >= 0.3 is 0 Å². The van der Waals surface area contributed by atoms with Gasteiger partial charge in [-0.3, -0.25) is 14.7 Å². The number of carbonyl (C=O) groups is 1. The largest absolute Gasteiger partial charge is 0.348 e. The van der Waals surface area contributed by atoms with Crippen LogP contribution in [0.15, 0.2) is 54.9 Å². The number of pyridine rings is 1. The van der Waals surface area contributed by atoms with E-state index in [1.165, 1.54) is 0 Å². The molecule has 3 rings (SSSR count). The molecule has 136 valence electrons. The maximum atomic E-state index is 12.2. The van der Waals surface area contributed by atoms with Crippen LogP contribution < -0.4 is 10.6 Å². The minimum Gasteiger partial charge on any atom is -0.348 e. The van der Waals surface area contributed by atoms with E-state index in [1.807, 2.05) is 42.5 Å². The lowest BCUT2D eigenvalue weighted by atomic mass is 10.3. The Morgan fingerprint density at radius 2 is 1.81 bits per heavy atom. The predicted molar refractivity (Wildman–Crippen MR) is 108 cm³/mol. The first-order chi connectivity index (χ1) is 12.7. The van der Waals surface area contributed by atoms with E-state index in [9.17, 15) is 4.79 Å². The number of anilines is 2. The number of benzene rings is 1. The maximum absolute atomic E-state index is 12.2. The van der Waals surface area contributed by atoms with Crippen molar-refractivity contribution in [3.8, 4) is 0 Å². The van der Waals surface area contributed by atoms with Gasteiger partial charge in [0, 0.05) is 38.1 Å². The van der Waals surface area contributed by atoms with Gasteiger partial charge in [-0.15, -0.1) is 0 Å². The molecule has 0 aliphatic carbocycles. The van der Waals surface area contributed by atoms with E-state index in [1.54, 1.807) is 12.4 Å². The van der Waals surface area contributed by atoms with Crippen LogP contribution in [0.1, 0.15) is 6.42 Å². The standard InChI is InChI=1S/C19H23N5OS/c25-18(21-16-6-2-1-3-7-16)15-23-10-5-11-24(13-12-23)19(26)22-17-8-4-9-20-14-17/h1-4,6-9,14H,5,10-13,15H2,(H,21,25)(H,22,26). The summed E-state index contributed by atoms with van der Waals surface area (Å²) in [4.78, 5) is 20.6. The summed E-state index contributed by atoms with van der Waals surface area (Å²) in [5.74, 6) is 0.0145. The third-order valence-corrected chi connectivity index (χ3v) is 4.57. The van der Waals surface area contributed by atoms with Crippen LogP contribution in [-0.2, 0) is 4.79 Å². The highest BCUT2D eigenvalue weighted by Gasteiger charge is 2.18. The van der Waals surface area contributed by atoms with Gasteiger partial charge in [0.15, 0.2) is 5.11 Å². The topological polar surface area (TPSA) is 60.5 Å². The van der Waals surface area contributed by atoms with Crippen LogP contribution in [0, 0.1) is 0 Å². The third kappa shape index (κ3) is 5.50. The van der Waals surface area contributed by atoms with Crippen LogP contribution in [0.5, 0.6) is 0 Å². The zero-order valence-electron chi connectivity index (χ0n) is 14.6. The summed E-state index contributed by atoms with van der Waals surface area (Å²) in [7, 11) is 0. The van der Waals surface area contributed by atoms with Crippen LogP contribution in [-0.4, -0.2) is 58.5 Å². The monoisotopic (exact) mass is 369 g/mol. The van der Waals surface area contributed by atoms with E-state index in [0.717, 1.165) is 44.0 Å². The zero-order valence-corrected chi connectivity index (χ0v) is 15.4. The molecule has 26 heavy (non-hydrogen) atoms. The van der Waals surface area contributed by atoms with Gasteiger partial charge in [0.1, 0.15) is 0 Å². The molecule has 1 aromatic heterocycles. The van der Waals surface area contributed by atoms with Crippen molar-refractivity contribution in [3.05, 3.63) is 54.9 Å². The molecule has 1 aliphatic rings. The summed E-state index contributed by atoms with van der Waals surface area (Å²) in [6.45, 7) is 3.75. The smallest absolute Gasteiger partial charge is 0.238 e. The maximum Gasteiger partial charge on any atom is 0.238 e. The molecule has 1 aliphatic heterocycles. The number of rotatable bonds is 4. The number of nitrogens with zero attached hydrogens (tertiary/aromatic N) is 3. The van der Waals surface area contributed by atoms with E-state index in [-0.39, 0.29) is 5.91 Å². The van der Waals surface area contributed by atoms with Crippen molar-refractivity contribution in [2.24, 2.45) is 0 Å². The predicted octanol–water partition coefficient (Wildman–Crippen LogP) is 2.42. The first kappa shape index (κ1) is 18.3. The molecule has 0 atom stereocenters. The van der Waals surface area contributed by atoms with E-state index in [4.69, 9.17) is 12.2 Å². The highest BCUT2D eigenvalue weighted by Crippen LogP contribution is 2.09. The SMILES string of the molecule is O=C(CN1CCCN(C(=S)Nc2cccnc2)CC1)Nc1ccccc1. The van der Waals surface area contributed by atoms with Crippen LogP contribution in [0.2, 0.25) is 0 Å². The molecule has 0 unspecified atom stereocenters. The fourth-order valence-electron chi connectivity index (χ4n) is 2.90. The number of amides is 1. The van der Waals surface area contributed by atoms with Gasteiger partial charge in [-0.1, -0.05) is 18.2 Å². The van der Waals surface area contributed by atoms with Gasteiger partial charge in [-0.25, -0.2) is 0 Å². The molecular weight excluding hydrogens is 346 g/mol. The number of hydrogen-bond acceptors (Lipinski definition) is 4. The van der Waals surface area contributed by atoms with Crippen LogP contribution in [0.25, 0.3) is 0 Å². The van der Waals surface area contributed by atoms with Crippen LogP contribution >= 0.6 is 12.2 Å². The zero-order chi connectivity index (χ0) is 18.2. The average molecular weight is 369 g/mol. The Kier molecular flexibility index (Phi) is 6.51. The van der Waals surface area contributed by atoms with Gasteiger partial charge < -0.3 is 15.5 Å². The Morgan fingerprint density at radius 3 is 2.58 bits per heavy atom. The highest BCUT2D eigenvalue weighted by atomic mass is 32.1. The van der Waals surface area contributed by atoms with Crippen molar-refractivity contribution >= 4 is 34.6 Å². The van der Waals surface area contributed by atoms with Crippen molar-refractivity contribution in [2.45, 2.75) is 6.42 Å². The Hall–Kier alpha value is -2.51. The first-order valence-corrected chi connectivity index (χ1v) is 9.15. The number of aromatic nitrogens is 1. The van der Waals surface area contributed by atoms with Crippen molar-refractivity contribution < 1.29 is 4.79 Å². The molecular formula is C19H23N5OS. The molecule has 2 aromatic rings. The minimum atomic E-state index is 0.0145. The molecule has 0 radical (unpaired) electrons. The van der Waals surface area contributed by atoms with Crippen molar-refractivity contribution in [2.75, 3.05) is 43.4 Å². The normalized spacial score (nSPS) is 15.2. The molecule has 0 spiro atoms. The van der Waals surface area contributed by atoms with Crippen LogP contribution in [0.3, 0.4) is 0 Å². The van der Waals surface area contributed by atoms with Crippen LogP contribution in [0.4, 0.5) is 11.4 Å². The molecule has 0 saturated carbocycles. The molecule has 1 saturated heterocycles. The second-order valence-corrected chi connectivity index (χ2v) is 6.59. The Bertz CT molecular complexity index is 725. The van der Waals surface area contributed by atoms with E-state index in [2.05, 4.69) is 25.4 Å². The molecule has 2 N–H and O–H groups in total. The van der Waals surface area contributed by atoms with Crippen molar-refractivity contribution in [1.29, 1.82) is 0 Å². The number of carbonyl (C=O) groups excluding carboxylic acids is 1. The number of thiocarbonyl (C=S) groups is 1. The Morgan fingerprint density at radius 1 is 1.00 bits per heavy atom. The van der Waals surface area contributed by atoms with E-state index in [0.29, 0.717) is 11.7 Å². The van der Waals surface area contributed by atoms with Gasteiger partial charge in [0.05, 0.1) is 18.4 Å². The fourth-order valence-corrected chi connectivity index (χ4v) is 3.20. The number of nitrogens with one attached hydrogen (secondary N) is 2. The Labute approximate surface area is 159 Å². The van der Waals surface area contributed by atoms with Gasteiger partial charge in [0.2, 0.25) is 5.91 Å². The molecule has 0 bridgehead atoms. The lowest BCUT2D eigenvalue weighted by Crippen LogP contribution is -2.39. The average Bonchev–Trinajstić information content (AvgIpc) is 2.89. The van der Waals surface area contributed by atoms with Crippen molar-refractivity contribution in [3.63, 3.8) is 0 Å². The summed E-state index contributed by atoms with van der Waals surface area (Å²) in [6.07, 6.45) is 4.45. The molecule has 1 amide bonds. The third-order valence-electron chi connectivity index (χ3n) is 4.21. The summed E-state index contributed by atoms with van der Waals surface area (Å²) >= 11 is 5.52. The molecule has 7 heteroatoms. The highest BCUT2D eigenvalue weighted by molar-refractivity contribution is 7.80. The summed E-state index contributed by atoms with van der Waals surface area (Å²) < 4.78 is 0. The van der Waals surface area contributed by atoms with E-state index < -0.39 is 0 Å². The summed E-state index contributed by atoms with van der Waals surface area (Å²) in [5, 5.41) is 6.86. The van der Waals surface area contributed by atoms with Gasteiger partial charge in [-0.05, 0) is 42.9 Å². The first-order valence-electron chi connectivity index (χ1n) is 8.74. The fraction of sp³-hybridized carbons (Fsp3) is 0.316. The lowest BCUT2D eigenvalue weighted by molar-refractivity contribution is -0.117.